The number of halogens is 2. The van der Waals surface area contributed by atoms with Gasteiger partial charge in [0.25, 0.3) is 0 Å². The van der Waals surface area contributed by atoms with Crippen LogP contribution in [-0.2, 0) is 12.0 Å². The van der Waals surface area contributed by atoms with Crippen LogP contribution in [0.4, 0.5) is 4.39 Å². The summed E-state index contributed by atoms with van der Waals surface area (Å²) in [7, 11) is 1.49. The Labute approximate surface area is 129 Å². The minimum Gasteiger partial charge on any atom is -0.494 e. The molecular weight excluding hydrogens is 291 g/mol. The van der Waals surface area contributed by atoms with Crippen molar-refractivity contribution in [2.75, 3.05) is 13.0 Å². The molecule has 0 amide bonds. The third-order valence-corrected chi connectivity index (χ3v) is 4.73. The van der Waals surface area contributed by atoms with Gasteiger partial charge in [-0.15, -0.1) is 11.6 Å². The van der Waals surface area contributed by atoms with Crippen LogP contribution in [0.1, 0.15) is 38.4 Å². The molecule has 1 saturated carbocycles. The Balaban J connectivity index is 2.25. The fourth-order valence-electron chi connectivity index (χ4n) is 3.50. The third-order valence-electron chi connectivity index (χ3n) is 4.54. The predicted molar refractivity (Wildman–Crippen MR) is 82.8 cm³/mol. The maximum absolute atomic E-state index is 13.9. The van der Waals surface area contributed by atoms with Gasteiger partial charge in [-0.25, -0.2) is 9.37 Å². The van der Waals surface area contributed by atoms with Gasteiger partial charge in [0.2, 0.25) is 0 Å². The molecule has 0 unspecified atom stereocenters. The number of ether oxygens (including phenoxy) is 1. The minimum atomic E-state index is -0.372. The van der Waals surface area contributed by atoms with E-state index >= 15 is 0 Å². The maximum atomic E-state index is 13.9. The second-order valence-electron chi connectivity index (χ2n) is 5.98. The number of nitrogens with zero attached hydrogens (tertiary/aromatic N) is 2. The molecule has 0 aliphatic heterocycles. The van der Waals surface area contributed by atoms with Gasteiger partial charge in [0.05, 0.1) is 18.1 Å². The van der Waals surface area contributed by atoms with Crippen molar-refractivity contribution < 1.29 is 9.13 Å². The molecule has 114 valence electrons. The number of alkyl halides is 1. The quantitative estimate of drug-likeness (QED) is 0.789. The van der Waals surface area contributed by atoms with E-state index in [1.807, 2.05) is 0 Å². The van der Waals surface area contributed by atoms with E-state index in [4.69, 9.17) is 16.3 Å². The summed E-state index contributed by atoms with van der Waals surface area (Å²) in [5.74, 6) is 1.35. The van der Waals surface area contributed by atoms with E-state index in [0.717, 1.165) is 24.2 Å². The highest BCUT2D eigenvalue weighted by Gasteiger charge is 2.34. The molecular formula is C16H20ClFN2O. The van der Waals surface area contributed by atoms with E-state index in [9.17, 15) is 4.39 Å². The van der Waals surface area contributed by atoms with Crippen molar-refractivity contribution in [3.63, 3.8) is 0 Å². The van der Waals surface area contributed by atoms with Gasteiger partial charge in [0, 0.05) is 30.0 Å². The Bertz CT molecular complexity index is 662. The third kappa shape index (κ3) is 2.39. The lowest BCUT2D eigenvalue weighted by Gasteiger charge is -2.29. The van der Waals surface area contributed by atoms with E-state index in [1.165, 1.54) is 26.0 Å². The first-order chi connectivity index (χ1) is 10.1. The van der Waals surface area contributed by atoms with Gasteiger partial charge in [-0.05, 0) is 19.8 Å². The van der Waals surface area contributed by atoms with Crippen LogP contribution in [0.5, 0.6) is 5.75 Å². The number of hydrogen-bond donors (Lipinski definition) is 0. The Morgan fingerprint density at radius 3 is 2.71 bits per heavy atom. The maximum Gasteiger partial charge on any atom is 0.167 e. The van der Waals surface area contributed by atoms with Crippen LogP contribution in [0.15, 0.2) is 12.1 Å². The zero-order valence-corrected chi connectivity index (χ0v) is 13.2. The predicted octanol–water partition coefficient (Wildman–Crippen LogP) is 4.25. The van der Waals surface area contributed by atoms with Crippen LogP contribution >= 0.6 is 11.6 Å². The normalized spacial score (nSPS) is 17.5. The lowest BCUT2D eigenvalue weighted by molar-refractivity contribution is 0.328. The monoisotopic (exact) mass is 310 g/mol. The standard InChI is InChI=1S/C16H20ClFN2O/c1-16(6-3-4-7-16)20-13-10-14(21-2)11(18)9-12(13)19-15(20)5-8-17/h9-10H,3-8H2,1-2H3. The molecule has 0 saturated heterocycles. The van der Waals surface area contributed by atoms with E-state index in [-0.39, 0.29) is 17.1 Å². The molecule has 1 aliphatic rings. The van der Waals surface area contributed by atoms with Crippen LogP contribution in [0.25, 0.3) is 11.0 Å². The second-order valence-corrected chi connectivity index (χ2v) is 6.36. The summed E-state index contributed by atoms with van der Waals surface area (Å²) < 4.78 is 21.3. The summed E-state index contributed by atoms with van der Waals surface area (Å²) in [6.45, 7) is 2.26. The molecule has 0 N–H and O–H groups in total. The van der Waals surface area contributed by atoms with E-state index < -0.39 is 0 Å². The summed E-state index contributed by atoms with van der Waals surface area (Å²) in [4.78, 5) is 4.61. The van der Waals surface area contributed by atoms with Gasteiger partial charge < -0.3 is 9.30 Å². The van der Waals surface area contributed by atoms with Crippen molar-refractivity contribution in [2.24, 2.45) is 0 Å². The fourth-order valence-corrected chi connectivity index (χ4v) is 3.67. The van der Waals surface area contributed by atoms with Gasteiger partial charge >= 0.3 is 0 Å². The smallest absolute Gasteiger partial charge is 0.167 e. The first-order valence-electron chi connectivity index (χ1n) is 7.40. The topological polar surface area (TPSA) is 27.1 Å². The lowest BCUT2D eigenvalue weighted by atomic mass is 9.99. The Hall–Kier alpha value is -1.29. The average Bonchev–Trinajstić information content (AvgIpc) is 3.02. The van der Waals surface area contributed by atoms with Gasteiger partial charge in [0.1, 0.15) is 5.82 Å². The molecule has 1 aromatic carbocycles. The van der Waals surface area contributed by atoms with Gasteiger partial charge in [0.15, 0.2) is 11.6 Å². The average molecular weight is 311 g/mol. The number of rotatable bonds is 4. The van der Waals surface area contributed by atoms with Gasteiger partial charge in [-0.1, -0.05) is 12.8 Å². The molecule has 2 aromatic rings. The molecule has 3 nitrogen and oxygen atoms in total. The van der Waals surface area contributed by atoms with Gasteiger partial charge in [-0.3, -0.25) is 0 Å². The number of aryl methyl sites for hydroxylation is 1. The van der Waals surface area contributed by atoms with Crippen molar-refractivity contribution in [3.8, 4) is 5.75 Å². The van der Waals surface area contributed by atoms with Crippen LogP contribution in [0, 0.1) is 5.82 Å². The summed E-state index contributed by atoms with van der Waals surface area (Å²) in [5.41, 5.74) is 1.67. The van der Waals surface area contributed by atoms with Crippen molar-refractivity contribution in [3.05, 3.63) is 23.8 Å². The van der Waals surface area contributed by atoms with Crippen LogP contribution in [0.2, 0.25) is 0 Å². The molecule has 0 radical (unpaired) electrons. The molecule has 21 heavy (non-hydrogen) atoms. The summed E-state index contributed by atoms with van der Waals surface area (Å²) >= 11 is 5.93. The largest absolute Gasteiger partial charge is 0.494 e. The van der Waals surface area contributed by atoms with Crippen molar-refractivity contribution >= 4 is 22.6 Å². The molecule has 0 spiro atoms. The molecule has 1 aromatic heterocycles. The number of methoxy groups -OCH3 is 1. The number of imidazole rings is 1. The molecule has 5 heteroatoms. The highest BCUT2D eigenvalue weighted by Crippen LogP contribution is 2.40. The molecule has 3 rings (SSSR count). The van der Waals surface area contributed by atoms with E-state index in [1.54, 1.807) is 6.07 Å². The molecule has 1 heterocycles. The molecule has 0 atom stereocenters. The highest BCUT2D eigenvalue weighted by atomic mass is 35.5. The molecule has 1 fully saturated rings. The number of fused-ring (bicyclic) bond motifs is 1. The van der Waals surface area contributed by atoms with Gasteiger partial charge in [-0.2, -0.15) is 0 Å². The first-order valence-corrected chi connectivity index (χ1v) is 7.94. The van der Waals surface area contributed by atoms with Crippen molar-refractivity contribution in [2.45, 2.75) is 44.6 Å². The zero-order chi connectivity index (χ0) is 15.0. The molecule has 1 aliphatic carbocycles. The zero-order valence-electron chi connectivity index (χ0n) is 12.5. The summed E-state index contributed by atoms with van der Waals surface area (Å²) in [6.07, 6.45) is 5.36. The van der Waals surface area contributed by atoms with E-state index in [0.29, 0.717) is 17.8 Å². The number of benzene rings is 1. The molecule has 0 bridgehead atoms. The van der Waals surface area contributed by atoms with Crippen LogP contribution in [0.3, 0.4) is 0 Å². The first kappa shape index (κ1) is 14.6. The van der Waals surface area contributed by atoms with Crippen LogP contribution in [-0.4, -0.2) is 22.5 Å². The highest BCUT2D eigenvalue weighted by molar-refractivity contribution is 6.17. The van der Waals surface area contributed by atoms with Crippen LogP contribution < -0.4 is 4.74 Å². The van der Waals surface area contributed by atoms with Crippen molar-refractivity contribution in [1.82, 2.24) is 9.55 Å². The lowest BCUT2D eigenvalue weighted by Crippen LogP contribution is -2.28. The second kappa shape index (κ2) is 5.48. The van der Waals surface area contributed by atoms with Crippen molar-refractivity contribution in [1.29, 1.82) is 0 Å². The summed E-state index contributed by atoms with van der Waals surface area (Å²) in [6, 6.07) is 3.22. The Kier molecular flexibility index (Phi) is 3.82. The Morgan fingerprint density at radius 1 is 1.38 bits per heavy atom. The minimum absolute atomic E-state index is 0.0407. The number of hydrogen-bond acceptors (Lipinski definition) is 2. The fraction of sp³-hybridized carbons (Fsp3) is 0.562. The summed E-state index contributed by atoms with van der Waals surface area (Å²) in [5, 5.41) is 0. The number of aromatic nitrogens is 2. The Morgan fingerprint density at radius 2 is 2.10 bits per heavy atom. The van der Waals surface area contributed by atoms with E-state index in [2.05, 4.69) is 16.5 Å². The SMILES string of the molecule is COc1cc2c(cc1F)nc(CCCl)n2C1(C)CCCC1.